The van der Waals surface area contributed by atoms with E-state index in [9.17, 15) is 18.0 Å². The van der Waals surface area contributed by atoms with E-state index < -0.39 is 28.9 Å². The number of hydrogen-bond acceptors (Lipinski definition) is 2. The first-order chi connectivity index (χ1) is 9.08. The average molecular weight is 270 g/mol. The molecular formula is C13H13F3N2O. The van der Waals surface area contributed by atoms with E-state index in [1.165, 1.54) is 4.90 Å². The van der Waals surface area contributed by atoms with Crippen molar-refractivity contribution in [1.29, 1.82) is 0 Å². The minimum atomic E-state index is -1.14. The van der Waals surface area contributed by atoms with Gasteiger partial charge in [0.2, 0.25) is 0 Å². The summed E-state index contributed by atoms with van der Waals surface area (Å²) in [6, 6.07) is 1.06. The monoisotopic (exact) mass is 270 g/mol. The van der Waals surface area contributed by atoms with Crippen LogP contribution >= 0.6 is 0 Å². The van der Waals surface area contributed by atoms with Gasteiger partial charge < -0.3 is 10.2 Å². The number of likely N-dealkylation sites (tertiary alicyclic amines) is 1. The van der Waals surface area contributed by atoms with Crippen LogP contribution in [-0.4, -0.2) is 36.5 Å². The molecular weight excluding hydrogens is 257 g/mol. The van der Waals surface area contributed by atoms with Crippen molar-refractivity contribution >= 4 is 5.91 Å². The van der Waals surface area contributed by atoms with Crippen LogP contribution in [0.2, 0.25) is 0 Å². The van der Waals surface area contributed by atoms with Crippen molar-refractivity contribution < 1.29 is 18.0 Å². The lowest BCUT2D eigenvalue weighted by molar-refractivity contribution is 0.0727. The fraction of sp³-hybridized carbons (Fsp3) is 0.462. The largest absolute Gasteiger partial charge is 0.334 e. The first-order valence-electron chi connectivity index (χ1n) is 6.24. The highest BCUT2D eigenvalue weighted by Crippen LogP contribution is 2.29. The standard InChI is InChI=1S/C13H13F3N2O/c14-8-3-9(15)12(10(16)4-8)13(19)18-2-1-7-5-17-6-11(7)18/h3-4,7,11,17H,1-2,5-6H2/t7-,11+/m0/s1. The predicted octanol–water partition coefficient (Wildman–Crippen LogP) is 1.54. The summed E-state index contributed by atoms with van der Waals surface area (Å²) in [6.07, 6.45) is 0.827. The molecule has 0 saturated carbocycles. The van der Waals surface area contributed by atoms with Crippen LogP contribution in [0.4, 0.5) is 13.2 Å². The lowest BCUT2D eigenvalue weighted by Crippen LogP contribution is -2.39. The third kappa shape index (κ3) is 2.00. The summed E-state index contributed by atoms with van der Waals surface area (Å²) >= 11 is 0. The van der Waals surface area contributed by atoms with Gasteiger partial charge in [0.1, 0.15) is 23.0 Å². The Morgan fingerprint density at radius 3 is 2.58 bits per heavy atom. The van der Waals surface area contributed by atoms with E-state index in [-0.39, 0.29) is 6.04 Å². The molecule has 1 aromatic carbocycles. The van der Waals surface area contributed by atoms with Crippen molar-refractivity contribution in [3.8, 4) is 0 Å². The van der Waals surface area contributed by atoms with Crippen molar-refractivity contribution in [3.63, 3.8) is 0 Å². The molecule has 2 saturated heterocycles. The number of nitrogens with one attached hydrogen (secondary N) is 1. The number of carbonyl (C=O) groups excluding carboxylic acids is 1. The molecule has 1 N–H and O–H groups in total. The van der Waals surface area contributed by atoms with Crippen LogP contribution in [0.3, 0.4) is 0 Å². The molecule has 0 bridgehead atoms. The van der Waals surface area contributed by atoms with E-state index in [0.717, 1.165) is 13.0 Å². The number of halogens is 3. The molecule has 0 aliphatic carbocycles. The molecule has 0 spiro atoms. The van der Waals surface area contributed by atoms with Gasteiger partial charge in [-0.05, 0) is 12.3 Å². The normalized spacial score (nSPS) is 25.7. The second-order valence-corrected chi connectivity index (χ2v) is 5.02. The quantitative estimate of drug-likeness (QED) is 0.839. The first-order valence-corrected chi connectivity index (χ1v) is 6.24. The van der Waals surface area contributed by atoms with Gasteiger partial charge in [-0.3, -0.25) is 4.79 Å². The van der Waals surface area contributed by atoms with Crippen molar-refractivity contribution in [2.75, 3.05) is 19.6 Å². The molecule has 0 radical (unpaired) electrons. The fourth-order valence-corrected chi connectivity index (χ4v) is 2.99. The summed E-state index contributed by atoms with van der Waals surface area (Å²) in [4.78, 5) is 13.7. The van der Waals surface area contributed by atoms with Gasteiger partial charge in [0.15, 0.2) is 0 Å². The number of carbonyl (C=O) groups is 1. The van der Waals surface area contributed by atoms with Gasteiger partial charge in [-0.2, -0.15) is 0 Å². The first kappa shape index (κ1) is 12.5. The molecule has 1 aromatic rings. The Morgan fingerprint density at radius 2 is 1.89 bits per heavy atom. The van der Waals surface area contributed by atoms with Gasteiger partial charge in [-0.25, -0.2) is 13.2 Å². The molecule has 2 aliphatic rings. The number of hydrogen-bond donors (Lipinski definition) is 1. The maximum atomic E-state index is 13.6. The highest BCUT2D eigenvalue weighted by atomic mass is 19.1. The SMILES string of the molecule is O=C(c1c(F)cc(F)cc1F)N1CC[C@H]2CNC[C@H]21. The Kier molecular flexibility index (Phi) is 2.97. The van der Waals surface area contributed by atoms with Crippen LogP contribution < -0.4 is 5.32 Å². The molecule has 1 amide bonds. The summed E-state index contributed by atoms with van der Waals surface area (Å²) in [7, 11) is 0. The summed E-state index contributed by atoms with van der Waals surface area (Å²) in [5.41, 5.74) is -0.658. The number of fused-ring (bicyclic) bond motifs is 1. The summed E-state index contributed by atoms with van der Waals surface area (Å²) < 4.78 is 40.1. The third-order valence-corrected chi connectivity index (χ3v) is 3.93. The van der Waals surface area contributed by atoms with Gasteiger partial charge in [-0.15, -0.1) is 0 Å². The highest BCUT2D eigenvalue weighted by molar-refractivity contribution is 5.95. The van der Waals surface area contributed by atoms with Crippen molar-refractivity contribution in [3.05, 3.63) is 35.1 Å². The zero-order valence-electron chi connectivity index (χ0n) is 10.1. The lowest BCUT2D eigenvalue weighted by atomic mass is 10.0. The van der Waals surface area contributed by atoms with Crippen LogP contribution in [0.25, 0.3) is 0 Å². The van der Waals surface area contributed by atoms with E-state index in [2.05, 4.69) is 5.32 Å². The van der Waals surface area contributed by atoms with Crippen LogP contribution in [-0.2, 0) is 0 Å². The van der Waals surface area contributed by atoms with Crippen LogP contribution in [0.1, 0.15) is 16.8 Å². The number of benzene rings is 1. The van der Waals surface area contributed by atoms with Crippen molar-refractivity contribution in [1.82, 2.24) is 10.2 Å². The van der Waals surface area contributed by atoms with Gasteiger partial charge in [0, 0.05) is 37.8 Å². The van der Waals surface area contributed by atoms with Crippen molar-refractivity contribution in [2.45, 2.75) is 12.5 Å². The third-order valence-electron chi connectivity index (χ3n) is 3.93. The topological polar surface area (TPSA) is 32.3 Å². The van der Waals surface area contributed by atoms with Crippen LogP contribution in [0.5, 0.6) is 0 Å². The Labute approximate surface area is 108 Å². The molecule has 3 rings (SSSR count). The minimum absolute atomic E-state index is 0.0173. The number of rotatable bonds is 1. The Bertz CT molecular complexity index is 512. The molecule has 2 aliphatic heterocycles. The maximum Gasteiger partial charge on any atom is 0.260 e. The fourth-order valence-electron chi connectivity index (χ4n) is 2.99. The number of nitrogens with zero attached hydrogens (tertiary/aromatic N) is 1. The second-order valence-electron chi connectivity index (χ2n) is 5.02. The van der Waals surface area contributed by atoms with E-state index in [0.29, 0.717) is 31.1 Å². The van der Waals surface area contributed by atoms with Gasteiger partial charge in [-0.1, -0.05) is 0 Å². The Hall–Kier alpha value is -1.56. The molecule has 0 unspecified atom stereocenters. The van der Waals surface area contributed by atoms with Gasteiger partial charge >= 0.3 is 0 Å². The molecule has 6 heteroatoms. The summed E-state index contributed by atoms with van der Waals surface area (Å²) in [5, 5.41) is 3.16. The molecule has 2 fully saturated rings. The average Bonchev–Trinajstić information content (AvgIpc) is 2.87. The predicted molar refractivity (Wildman–Crippen MR) is 62.1 cm³/mol. The van der Waals surface area contributed by atoms with E-state index in [1.807, 2.05) is 0 Å². The van der Waals surface area contributed by atoms with Gasteiger partial charge in [0.25, 0.3) is 5.91 Å². The zero-order valence-corrected chi connectivity index (χ0v) is 10.1. The number of amides is 1. The molecule has 19 heavy (non-hydrogen) atoms. The van der Waals surface area contributed by atoms with E-state index >= 15 is 0 Å². The lowest BCUT2D eigenvalue weighted by Gasteiger charge is -2.23. The second kappa shape index (κ2) is 4.52. The minimum Gasteiger partial charge on any atom is -0.334 e. The summed E-state index contributed by atoms with van der Waals surface area (Å²) in [6.45, 7) is 1.95. The molecule has 0 aromatic heterocycles. The van der Waals surface area contributed by atoms with Gasteiger partial charge in [0.05, 0.1) is 0 Å². The Balaban J connectivity index is 1.92. The molecule has 3 nitrogen and oxygen atoms in total. The van der Waals surface area contributed by atoms with Crippen LogP contribution in [0, 0.1) is 23.4 Å². The maximum absolute atomic E-state index is 13.6. The highest BCUT2D eigenvalue weighted by Gasteiger charge is 2.41. The Morgan fingerprint density at radius 1 is 1.21 bits per heavy atom. The molecule has 2 heterocycles. The van der Waals surface area contributed by atoms with Crippen LogP contribution in [0.15, 0.2) is 12.1 Å². The summed E-state index contributed by atoms with van der Waals surface area (Å²) in [5.74, 6) is -3.65. The van der Waals surface area contributed by atoms with E-state index in [1.54, 1.807) is 0 Å². The molecule has 2 atom stereocenters. The van der Waals surface area contributed by atoms with E-state index in [4.69, 9.17) is 0 Å². The zero-order chi connectivity index (χ0) is 13.6. The molecule has 102 valence electrons. The van der Waals surface area contributed by atoms with Crippen molar-refractivity contribution in [2.24, 2.45) is 5.92 Å². The smallest absolute Gasteiger partial charge is 0.260 e.